The molecule has 0 bridgehead atoms. The van der Waals surface area contributed by atoms with Crippen molar-refractivity contribution < 1.29 is 4.79 Å². The second kappa shape index (κ2) is 5.43. The smallest absolute Gasteiger partial charge is 0.253 e. The summed E-state index contributed by atoms with van der Waals surface area (Å²) in [6, 6.07) is 7.08. The molecule has 6 nitrogen and oxygen atoms in total. The fourth-order valence-electron chi connectivity index (χ4n) is 1.80. The quantitative estimate of drug-likeness (QED) is 0.714. The maximum Gasteiger partial charge on any atom is 0.253 e. The van der Waals surface area contributed by atoms with Gasteiger partial charge in [0.15, 0.2) is 0 Å². The van der Waals surface area contributed by atoms with Gasteiger partial charge in [0.2, 0.25) is 0 Å². The first-order chi connectivity index (χ1) is 9.11. The zero-order valence-corrected chi connectivity index (χ0v) is 11.0. The molecule has 0 saturated carbocycles. The van der Waals surface area contributed by atoms with Gasteiger partial charge in [0.1, 0.15) is 0 Å². The summed E-state index contributed by atoms with van der Waals surface area (Å²) in [6.07, 6.45) is 1.73. The van der Waals surface area contributed by atoms with Crippen LogP contribution in [-0.2, 0) is 13.6 Å². The number of anilines is 2. The van der Waals surface area contributed by atoms with Crippen LogP contribution in [0.2, 0.25) is 0 Å². The van der Waals surface area contributed by atoms with Gasteiger partial charge in [-0.1, -0.05) is 0 Å². The first kappa shape index (κ1) is 12.9. The number of aryl methyl sites for hydroxylation is 1. The van der Waals surface area contributed by atoms with Crippen LogP contribution in [0.25, 0.3) is 0 Å². The van der Waals surface area contributed by atoms with Gasteiger partial charge in [0.25, 0.3) is 5.91 Å². The van der Waals surface area contributed by atoms with Crippen LogP contribution in [-0.4, -0.2) is 22.7 Å². The molecule has 0 aliphatic carbocycles. The normalized spacial score (nSPS) is 10.2. The Labute approximate surface area is 111 Å². The second-order valence-corrected chi connectivity index (χ2v) is 4.18. The fourth-order valence-corrected chi connectivity index (χ4v) is 1.80. The Morgan fingerprint density at radius 2 is 2.21 bits per heavy atom. The number of nitrogens with two attached hydrogens (primary N) is 1. The molecular weight excluding hydrogens is 242 g/mol. The van der Waals surface area contributed by atoms with E-state index in [0.717, 1.165) is 5.69 Å². The van der Waals surface area contributed by atoms with E-state index in [2.05, 4.69) is 15.7 Å². The van der Waals surface area contributed by atoms with E-state index >= 15 is 0 Å². The van der Waals surface area contributed by atoms with Gasteiger partial charge in [-0.15, -0.1) is 0 Å². The summed E-state index contributed by atoms with van der Waals surface area (Å²) >= 11 is 0. The van der Waals surface area contributed by atoms with E-state index in [0.29, 0.717) is 23.5 Å². The molecule has 0 fully saturated rings. The predicted molar refractivity (Wildman–Crippen MR) is 74.8 cm³/mol. The molecule has 0 atom stereocenters. The molecule has 0 unspecified atom stereocenters. The summed E-state index contributed by atoms with van der Waals surface area (Å²) in [5, 5.41) is 9.91. The summed E-state index contributed by atoms with van der Waals surface area (Å²) in [7, 11) is 3.47. The number of hydrogen-bond acceptors (Lipinski definition) is 4. The summed E-state index contributed by atoms with van der Waals surface area (Å²) in [6.45, 7) is 0.573. The highest BCUT2D eigenvalue weighted by Crippen LogP contribution is 2.20. The lowest BCUT2D eigenvalue weighted by Gasteiger charge is -2.12. The van der Waals surface area contributed by atoms with E-state index in [1.807, 2.05) is 13.1 Å². The highest BCUT2D eigenvalue weighted by atomic mass is 16.1. The van der Waals surface area contributed by atoms with Crippen LogP contribution in [0.3, 0.4) is 0 Å². The van der Waals surface area contributed by atoms with Crippen LogP contribution in [0.15, 0.2) is 30.5 Å². The molecule has 1 heterocycles. The molecule has 2 rings (SSSR count). The lowest BCUT2D eigenvalue weighted by Crippen LogP contribution is -2.20. The highest BCUT2D eigenvalue weighted by Gasteiger charge is 2.10. The lowest BCUT2D eigenvalue weighted by molar-refractivity contribution is 0.0964. The highest BCUT2D eigenvalue weighted by molar-refractivity contribution is 6.00. The SMILES string of the molecule is CNC(=O)c1ccc(N)cc1NCc1ccnn1C. The number of nitrogen functional groups attached to an aromatic ring is 1. The molecule has 6 heteroatoms. The van der Waals surface area contributed by atoms with E-state index in [4.69, 9.17) is 5.73 Å². The fraction of sp³-hybridized carbons (Fsp3) is 0.231. The third kappa shape index (κ3) is 2.85. The van der Waals surface area contributed by atoms with Crippen molar-refractivity contribution in [2.24, 2.45) is 7.05 Å². The first-order valence-electron chi connectivity index (χ1n) is 5.94. The van der Waals surface area contributed by atoms with Crippen LogP contribution in [0, 0.1) is 0 Å². The molecule has 0 spiro atoms. The number of carbonyl (C=O) groups excluding carboxylic acids is 1. The van der Waals surface area contributed by atoms with E-state index in [1.54, 1.807) is 36.1 Å². The molecule has 19 heavy (non-hydrogen) atoms. The van der Waals surface area contributed by atoms with Crippen molar-refractivity contribution in [1.29, 1.82) is 0 Å². The van der Waals surface area contributed by atoms with Crippen molar-refractivity contribution in [3.8, 4) is 0 Å². The van der Waals surface area contributed by atoms with Gasteiger partial charge in [0.05, 0.1) is 17.8 Å². The van der Waals surface area contributed by atoms with Gasteiger partial charge < -0.3 is 16.4 Å². The minimum absolute atomic E-state index is 0.146. The number of rotatable bonds is 4. The van der Waals surface area contributed by atoms with E-state index < -0.39 is 0 Å². The zero-order chi connectivity index (χ0) is 13.8. The van der Waals surface area contributed by atoms with Gasteiger partial charge in [0, 0.05) is 31.7 Å². The van der Waals surface area contributed by atoms with Crippen LogP contribution in [0.5, 0.6) is 0 Å². The van der Waals surface area contributed by atoms with Crippen molar-refractivity contribution in [1.82, 2.24) is 15.1 Å². The molecule has 0 radical (unpaired) electrons. The Hall–Kier alpha value is -2.50. The van der Waals surface area contributed by atoms with E-state index in [-0.39, 0.29) is 5.91 Å². The zero-order valence-electron chi connectivity index (χ0n) is 11.0. The maximum absolute atomic E-state index is 11.8. The number of aromatic nitrogens is 2. The van der Waals surface area contributed by atoms with Crippen molar-refractivity contribution in [3.63, 3.8) is 0 Å². The molecule has 1 aromatic carbocycles. The van der Waals surface area contributed by atoms with Crippen molar-refractivity contribution in [2.45, 2.75) is 6.54 Å². The average Bonchev–Trinajstić information content (AvgIpc) is 2.81. The predicted octanol–water partition coefficient (Wildman–Crippen LogP) is 0.974. The number of amides is 1. The van der Waals surface area contributed by atoms with Crippen molar-refractivity contribution in [2.75, 3.05) is 18.1 Å². The monoisotopic (exact) mass is 259 g/mol. The van der Waals surface area contributed by atoms with Crippen molar-refractivity contribution >= 4 is 17.3 Å². The third-order valence-electron chi connectivity index (χ3n) is 2.90. The Bertz CT molecular complexity index is 590. The number of carbonyl (C=O) groups is 1. The van der Waals surface area contributed by atoms with Crippen LogP contribution < -0.4 is 16.4 Å². The molecule has 0 aliphatic heterocycles. The van der Waals surface area contributed by atoms with Crippen LogP contribution >= 0.6 is 0 Å². The number of nitrogens with zero attached hydrogens (tertiary/aromatic N) is 2. The Kier molecular flexibility index (Phi) is 3.70. The summed E-state index contributed by atoms with van der Waals surface area (Å²) in [5.74, 6) is -0.146. The van der Waals surface area contributed by atoms with Crippen molar-refractivity contribution in [3.05, 3.63) is 41.7 Å². The summed E-state index contributed by atoms with van der Waals surface area (Å²) < 4.78 is 1.78. The van der Waals surface area contributed by atoms with Gasteiger partial charge in [-0.3, -0.25) is 9.48 Å². The molecule has 1 amide bonds. The molecule has 4 N–H and O–H groups in total. The molecular formula is C13H17N5O. The van der Waals surface area contributed by atoms with Gasteiger partial charge >= 0.3 is 0 Å². The summed E-state index contributed by atoms with van der Waals surface area (Å²) in [4.78, 5) is 11.8. The Morgan fingerprint density at radius 1 is 1.42 bits per heavy atom. The number of nitrogens with one attached hydrogen (secondary N) is 2. The minimum Gasteiger partial charge on any atom is -0.399 e. The van der Waals surface area contributed by atoms with Crippen LogP contribution in [0.4, 0.5) is 11.4 Å². The van der Waals surface area contributed by atoms with Crippen LogP contribution in [0.1, 0.15) is 16.1 Å². The molecule has 0 aliphatic rings. The Balaban J connectivity index is 2.21. The molecule has 1 aromatic heterocycles. The first-order valence-corrected chi connectivity index (χ1v) is 5.94. The minimum atomic E-state index is -0.146. The van der Waals surface area contributed by atoms with E-state index in [1.165, 1.54) is 0 Å². The molecule has 100 valence electrons. The maximum atomic E-state index is 11.8. The number of benzene rings is 1. The van der Waals surface area contributed by atoms with Gasteiger partial charge in [-0.25, -0.2) is 0 Å². The van der Waals surface area contributed by atoms with Gasteiger partial charge in [-0.2, -0.15) is 5.10 Å². The largest absolute Gasteiger partial charge is 0.399 e. The lowest BCUT2D eigenvalue weighted by atomic mass is 10.1. The van der Waals surface area contributed by atoms with Gasteiger partial charge in [-0.05, 0) is 24.3 Å². The average molecular weight is 259 g/mol. The third-order valence-corrected chi connectivity index (χ3v) is 2.90. The summed E-state index contributed by atoms with van der Waals surface area (Å²) in [5.41, 5.74) is 8.67. The number of hydrogen-bond donors (Lipinski definition) is 3. The standard InChI is InChI=1S/C13H17N5O/c1-15-13(19)11-4-3-9(14)7-12(11)16-8-10-5-6-17-18(10)2/h3-7,16H,8,14H2,1-2H3,(H,15,19). The second-order valence-electron chi connectivity index (χ2n) is 4.18. The van der Waals surface area contributed by atoms with E-state index in [9.17, 15) is 4.79 Å². The molecule has 2 aromatic rings. The topological polar surface area (TPSA) is 85.0 Å². The Morgan fingerprint density at radius 3 is 2.84 bits per heavy atom. The molecule has 0 saturated heterocycles.